The average Bonchev–Trinajstić information content (AvgIpc) is 2.56. The molecule has 0 aliphatic rings. The van der Waals surface area contributed by atoms with Crippen molar-refractivity contribution < 1.29 is 26.9 Å². The fourth-order valence-corrected chi connectivity index (χ4v) is 2.55. The fourth-order valence-electron chi connectivity index (χ4n) is 1.66. The van der Waals surface area contributed by atoms with Crippen molar-refractivity contribution in [1.29, 1.82) is 0 Å². The molecule has 0 spiro atoms. The van der Waals surface area contributed by atoms with Crippen molar-refractivity contribution in [3.05, 3.63) is 71.8 Å². The van der Waals surface area contributed by atoms with E-state index in [0.29, 0.717) is 0 Å². The SMILES string of the molecule is CCOC=C(C(=O)Oc1ccccc1)S(=O)(=O)Oc1ccccc1. The van der Waals surface area contributed by atoms with Gasteiger partial charge >= 0.3 is 16.1 Å². The van der Waals surface area contributed by atoms with E-state index in [2.05, 4.69) is 0 Å². The average molecular weight is 348 g/mol. The van der Waals surface area contributed by atoms with Crippen molar-refractivity contribution in [2.45, 2.75) is 6.92 Å². The van der Waals surface area contributed by atoms with Gasteiger partial charge in [-0.05, 0) is 31.2 Å². The third kappa shape index (κ3) is 4.85. The number of rotatable bonds is 7. The topological polar surface area (TPSA) is 78.9 Å². The van der Waals surface area contributed by atoms with E-state index in [9.17, 15) is 13.2 Å². The zero-order valence-electron chi connectivity index (χ0n) is 12.9. The molecular weight excluding hydrogens is 332 g/mol. The maximum Gasteiger partial charge on any atom is 0.362 e. The molecule has 7 heteroatoms. The first kappa shape index (κ1) is 17.6. The molecule has 2 aromatic rings. The number of carbonyl (C=O) groups is 1. The van der Waals surface area contributed by atoms with Gasteiger partial charge in [0.1, 0.15) is 17.8 Å². The number of carbonyl (C=O) groups excluding carboxylic acids is 1. The van der Waals surface area contributed by atoms with Crippen molar-refractivity contribution in [3.63, 3.8) is 0 Å². The number of esters is 1. The lowest BCUT2D eigenvalue weighted by atomic mass is 10.3. The van der Waals surface area contributed by atoms with Crippen LogP contribution in [0.5, 0.6) is 11.5 Å². The van der Waals surface area contributed by atoms with Gasteiger partial charge in [-0.1, -0.05) is 36.4 Å². The predicted molar refractivity (Wildman–Crippen MR) is 87.8 cm³/mol. The minimum atomic E-state index is -4.41. The third-order valence-electron chi connectivity index (χ3n) is 2.73. The van der Waals surface area contributed by atoms with Gasteiger partial charge in [-0.2, -0.15) is 8.42 Å². The third-order valence-corrected chi connectivity index (χ3v) is 3.94. The van der Waals surface area contributed by atoms with Crippen LogP contribution in [0, 0.1) is 0 Å². The summed E-state index contributed by atoms with van der Waals surface area (Å²) in [6.07, 6.45) is 0.823. The molecule has 0 aliphatic carbocycles. The van der Waals surface area contributed by atoms with Gasteiger partial charge in [0.2, 0.25) is 4.91 Å². The minimum Gasteiger partial charge on any atom is -0.500 e. The van der Waals surface area contributed by atoms with E-state index in [1.54, 1.807) is 43.3 Å². The fraction of sp³-hybridized carbons (Fsp3) is 0.118. The van der Waals surface area contributed by atoms with E-state index >= 15 is 0 Å². The van der Waals surface area contributed by atoms with Crippen LogP contribution >= 0.6 is 0 Å². The first-order valence-corrected chi connectivity index (χ1v) is 8.52. The molecule has 24 heavy (non-hydrogen) atoms. The van der Waals surface area contributed by atoms with Crippen molar-refractivity contribution in [2.24, 2.45) is 0 Å². The van der Waals surface area contributed by atoms with Crippen LogP contribution in [0.1, 0.15) is 6.92 Å². The highest BCUT2D eigenvalue weighted by molar-refractivity contribution is 7.92. The summed E-state index contributed by atoms with van der Waals surface area (Å²) in [7, 11) is -4.41. The molecule has 0 saturated heterocycles. The number of para-hydroxylation sites is 2. The van der Waals surface area contributed by atoms with Gasteiger partial charge < -0.3 is 13.7 Å². The summed E-state index contributed by atoms with van der Waals surface area (Å²) in [6, 6.07) is 16.0. The van der Waals surface area contributed by atoms with Gasteiger partial charge in [0.15, 0.2) is 0 Å². The van der Waals surface area contributed by atoms with E-state index in [-0.39, 0.29) is 18.1 Å². The lowest BCUT2D eigenvalue weighted by Crippen LogP contribution is -2.23. The summed E-state index contributed by atoms with van der Waals surface area (Å²) in [5, 5.41) is 0. The first-order valence-electron chi connectivity index (χ1n) is 7.11. The molecule has 0 saturated carbocycles. The van der Waals surface area contributed by atoms with Gasteiger partial charge in [-0.25, -0.2) is 4.79 Å². The second-order valence-corrected chi connectivity index (χ2v) is 6.01. The largest absolute Gasteiger partial charge is 0.500 e. The molecule has 0 N–H and O–H groups in total. The van der Waals surface area contributed by atoms with E-state index in [1.165, 1.54) is 24.3 Å². The maximum absolute atomic E-state index is 12.4. The van der Waals surface area contributed by atoms with E-state index in [0.717, 1.165) is 6.26 Å². The highest BCUT2D eigenvalue weighted by Gasteiger charge is 2.30. The molecule has 6 nitrogen and oxygen atoms in total. The Morgan fingerprint density at radius 1 is 0.958 bits per heavy atom. The Bertz CT molecular complexity index is 797. The Labute approximate surface area is 140 Å². The molecule has 0 atom stereocenters. The lowest BCUT2D eigenvalue weighted by molar-refractivity contribution is -0.129. The van der Waals surface area contributed by atoms with Gasteiger partial charge in [0.05, 0.1) is 6.61 Å². The van der Waals surface area contributed by atoms with E-state index in [1.807, 2.05) is 0 Å². The van der Waals surface area contributed by atoms with Gasteiger partial charge in [0, 0.05) is 0 Å². The van der Waals surface area contributed by atoms with Gasteiger partial charge in [-0.15, -0.1) is 0 Å². The second-order valence-electron chi connectivity index (χ2n) is 4.49. The van der Waals surface area contributed by atoms with Crippen LogP contribution in [0.2, 0.25) is 0 Å². The summed E-state index contributed by atoms with van der Waals surface area (Å²) < 4.78 is 39.7. The van der Waals surface area contributed by atoms with Crippen LogP contribution in [0.4, 0.5) is 0 Å². The molecule has 0 unspecified atom stereocenters. The number of benzene rings is 2. The molecule has 0 bridgehead atoms. The molecule has 0 amide bonds. The normalized spacial score (nSPS) is 11.6. The molecule has 0 heterocycles. The van der Waals surface area contributed by atoms with Crippen LogP contribution in [0.15, 0.2) is 71.8 Å². The van der Waals surface area contributed by atoms with Crippen molar-refractivity contribution in [3.8, 4) is 11.5 Å². The van der Waals surface area contributed by atoms with Crippen LogP contribution in [-0.4, -0.2) is 21.0 Å². The minimum absolute atomic E-state index is 0.0763. The Balaban J connectivity index is 2.25. The standard InChI is InChI=1S/C17H16O6S/c1-2-21-13-16(17(18)22-14-9-5-3-6-10-14)24(19,20)23-15-11-7-4-8-12-15/h3-13H,2H2,1H3. The first-order chi connectivity index (χ1) is 11.5. The summed E-state index contributed by atoms with van der Waals surface area (Å²) >= 11 is 0. The van der Waals surface area contributed by atoms with Crippen LogP contribution in [-0.2, 0) is 19.6 Å². The quantitative estimate of drug-likeness (QED) is 0.252. The number of hydrogen-bond acceptors (Lipinski definition) is 6. The van der Waals surface area contributed by atoms with Gasteiger partial charge in [0.25, 0.3) is 0 Å². The highest BCUT2D eigenvalue weighted by Crippen LogP contribution is 2.19. The molecule has 2 aromatic carbocycles. The number of hydrogen-bond donors (Lipinski definition) is 0. The monoisotopic (exact) mass is 348 g/mol. The summed E-state index contributed by atoms with van der Waals surface area (Å²) in [5.74, 6) is -0.808. The summed E-state index contributed by atoms with van der Waals surface area (Å²) in [4.78, 5) is 11.5. The summed E-state index contributed by atoms with van der Waals surface area (Å²) in [6.45, 7) is 1.84. The van der Waals surface area contributed by atoms with Crippen molar-refractivity contribution in [2.75, 3.05) is 6.61 Å². The lowest BCUT2D eigenvalue weighted by Gasteiger charge is -2.10. The van der Waals surface area contributed by atoms with E-state index < -0.39 is 21.0 Å². The molecule has 0 aliphatic heterocycles. The Kier molecular flexibility index (Phi) is 5.97. The zero-order chi connectivity index (χ0) is 17.4. The molecule has 0 fully saturated rings. The molecule has 2 rings (SSSR count). The molecule has 126 valence electrons. The zero-order valence-corrected chi connectivity index (χ0v) is 13.7. The Hall–Kier alpha value is -2.80. The van der Waals surface area contributed by atoms with Crippen LogP contribution in [0.25, 0.3) is 0 Å². The molecule has 0 radical (unpaired) electrons. The maximum atomic E-state index is 12.4. The summed E-state index contributed by atoms with van der Waals surface area (Å²) in [5.41, 5.74) is 0. The highest BCUT2D eigenvalue weighted by atomic mass is 32.2. The molecular formula is C17H16O6S. The van der Waals surface area contributed by atoms with Crippen molar-refractivity contribution >= 4 is 16.1 Å². The Morgan fingerprint density at radius 3 is 2.04 bits per heavy atom. The second kappa shape index (κ2) is 8.16. The number of ether oxygens (including phenoxy) is 2. The van der Waals surface area contributed by atoms with E-state index in [4.69, 9.17) is 13.7 Å². The Morgan fingerprint density at radius 2 is 1.50 bits per heavy atom. The predicted octanol–water partition coefficient (Wildman–Crippen LogP) is 2.88. The smallest absolute Gasteiger partial charge is 0.362 e. The van der Waals surface area contributed by atoms with Crippen molar-refractivity contribution in [1.82, 2.24) is 0 Å². The molecule has 0 aromatic heterocycles. The van der Waals surface area contributed by atoms with Gasteiger partial charge in [-0.3, -0.25) is 0 Å². The van der Waals surface area contributed by atoms with Crippen LogP contribution in [0.3, 0.4) is 0 Å². The van der Waals surface area contributed by atoms with Crippen LogP contribution < -0.4 is 8.92 Å².